The molecular formula is C24H23N5O2S. The highest BCUT2D eigenvalue weighted by molar-refractivity contribution is 7.99. The monoisotopic (exact) mass is 445 g/mol. The molecule has 1 aromatic heterocycles. The van der Waals surface area contributed by atoms with E-state index >= 15 is 0 Å². The van der Waals surface area contributed by atoms with Crippen LogP contribution < -0.4 is 10.6 Å². The molecule has 0 bridgehead atoms. The van der Waals surface area contributed by atoms with Crippen molar-refractivity contribution in [1.82, 2.24) is 20.1 Å². The Labute approximate surface area is 190 Å². The molecule has 32 heavy (non-hydrogen) atoms. The number of rotatable bonds is 7. The van der Waals surface area contributed by atoms with E-state index in [1.165, 1.54) is 11.8 Å². The second-order valence-electron chi connectivity index (χ2n) is 7.32. The Morgan fingerprint density at radius 3 is 2.50 bits per heavy atom. The summed E-state index contributed by atoms with van der Waals surface area (Å²) in [6.07, 6.45) is 0. The summed E-state index contributed by atoms with van der Waals surface area (Å²) in [5.74, 6) is 0.511. The third-order valence-electron chi connectivity index (χ3n) is 5.04. The first-order valence-corrected chi connectivity index (χ1v) is 11.2. The molecular weight excluding hydrogens is 422 g/mol. The van der Waals surface area contributed by atoms with Crippen molar-refractivity contribution in [2.75, 3.05) is 11.1 Å². The van der Waals surface area contributed by atoms with Gasteiger partial charge in [-0.05, 0) is 30.5 Å². The summed E-state index contributed by atoms with van der Waals surface area (Å²) in [5.41, 5.74) is 1.37. The molecule has 7 nitrogen and oxygen atoms in total. The normalized spacial score (nSPS) is 11.8. The summed E-state index contributed by atoms with van der Waals surface area (Å²) in [6.45, 7) is 1.85. The first-order valence-electron chi connectivity index (χ1n) is 10.2. The van der Waals surface area contributed by atoms with Crippen molar-refractivity contribution in [2.45, 2.75) is 18.1 Å². The van der Waals surface area contributed by atoms with Gasteiger partial charge in [-0.1, -0.05) is 66.4 Å². The van der Waals surface area contributed by atoms with E-state index in [0.29, 0.717) is 16.5 Å². The van der Waals surface area contributed by atoms with Gasteiger partial charge in [-0.3, -0.25) is 9.59 Å². The Morgan fingerprint density at radius 1 is 0.969 bits per heavy atom. The molecule has 3 aromatic carbocycles. The summed E-state index contributed by atoms with van der Waals surface area (Å²) in [7, 11) is 1.82. The molecule has 4 aromatic rings. The van der Waals surface area contributed by atoms with E-state index in [4.69, 9.17) is 0 Å². The molecule has 2 N–H and O–H groups in total. The molecule has 0 aliphatic heterocycles. The minimum absolute atomic E-state index is 0.124. The van der Waals surface area contributed by atoms with Crippen molar-refractivity contribution in [3.05, 3.63) is 84.2 Å². The Hall–Kier alpha value is -3.65. The summed E-state index contributed by atoms with van der Waals surface area (Å²) >= 11 is 1.30. The number of benzene rings is 3. The predicted octanol–water partition coefficient (Wildman–Crippen LogP) is 4.19. The molecule has 0 aliphatic rings. The van der Waals surface area contributed by atoms with Gasteiger partial charge in [0.25, 0.3) is 5.91 Å². The molecule has 0 radical (unpaired) electrons. The Morgan fingerprint density at radius 2 is 1.69 bits per heavy atom. The van der Waals surface area contributed by atoms with Crippen molar-refractivity contribution in [3.63, 3.8) is 0 Å². The van der Waals surface area contributed by atoms with E-state index in [9.17, 15) is 9.59 Å². The number of nitrogens with zero attached hydrogens (tertiary/aromatic N) is 3. The Bertz CT molecular complexity index is 1250. The number of nitrogens with one attached hydrogen (secondary N) is 2. The number of fused-ring (bicyclic) bond motifs is 1. The lowest BCUT2D eigenvalue weighted by Crippen LogP contribution is -2.28. The van der Waals surface area contributed by atoms with Crippen LogP contribution in [0.2, 0.25) is 0 Å². The minimum atomic E-state index is -0.334. The topological polar surface area (TPSA) is 88.9 Å². The fourth-order valence-electron chi connectivity index (χ4n) is 3.41. The molecule has 1 heterocycles. The van der Waals surface area contributed by atoms with Gasteiger partial charge >= 0.3 is 0 Å². The zero-order chi connectivity index (χ0) is 22.5. The van der Waals surface area contributed by atoms with Crippen molar-refractivity contribution in [3.8, 4) is 0 Å². The maximum atomic E-state index is 12.5. The number of carbonyl (C=O) groups excluding carboxylic acids is 2. The number of amides is 2. The first kappa shape index (κ1) is 21.6. The molecule has 0 spiro atoms. The highest BCUT2D eigenvalue weighted by Crippen LogP contribution is 2.24. The third kappa shape index (κ3) is 4.81. The predicted molar refractivity (Wildman–Crippen MR) is 127 cm³/mol. The van der Waals surface area contributed by atoms with Gasteiger partial charge in [0.05, 0.1) is 11.8 Å². The number of thioether (sulfide) groups is 1. The molecule has 162 valence electrons. The molecule has 1 atom stereocenters. The molecule has 0 saturated carbocycles. The number of anilines is 1. The third-order valence-corrected chi connectivity index (χ3v) is 6.06. The number of hydrogen-bond donors (Lipinski definition) is 2. The van der Waals surface area contributed by atoms with Crippen LogP contribution in [0.5, 0.6) is 0 Å². The molecule has 8 heteroatoms. The van der Waals surface area contributed by atoms with Crippen LogP contribution in [0.15, 0.2) is 78.0 Å². The fourth-order valence-corrected chi connectivity index (χ4v) is 4.13. The smallest absolute Gasteiger partial charge is 0.251 e. The van der Waals surface area contributed by atoms with Crippen molar-refractivity contribution in [1.29, 1.82) is 0 Å². The van der Waals surface area contributed by atoms with Gasteiger partial charge in [-0.15, -0.1) is 10.2 Å². The first-order chi connectivity index (χ1) is 15.5. The van der Waals surface area contributed by atoms with E-state index in [1.807, 2.05) is 74.6 Å². The van der Waals surface area contributed by atoms with E-state index in [2.05, 4.69) is 20.8 Å². The van der Waals surface area contributed by atoms with Gasteiger partial charge in [0, 0.05) is 23.7 Å². The van der Waals surface area contributed by atoms with Gasteiger partial charge in [-0.2, -0.15) is 0 Å². The average Bonchev–Trinajstić information content (AvgIpc) is 3.19. The van der Waals surface area contributed by atoms with Crippen LogP contribution in [-0.4, -0.2) is 32.3 Å². The lowest BCUT2D eigenvalue weighted by molar-refractivity contribution is -0.113. The average molecular weight is 446 g/mol. The van der Waals surface area contributed by atoms with E-state index in [-0.39, 0.29) is 23.6 Å². The lowest BCUT2D eigenvalue weighted by Gasteiger charge is -2.13. The summed E-state index contributed by atoms with van der Waals surface area (Å²) in [6, 6.07) is 22.4. The lowest BCUT2D eigenvalue weighted by atomic mass is 10.1. The molecule has 0 fully saturated rings. The molecule has 4 rings (SSSR count). The van der Waals surface area contributed by atoms with Crippen LogP contribution >= 0.6 is 11.8 Å². The van der Waals surface area contributed by atoms with Crippen LogP contribution in [0.4, 0.5) is 5.69 Å². The van der Waals surface area contributed by atoms with E-state index < -0.39 is 0 Å². The van der Waals surface area contributed by atoms with Gasteiger partial charge in [0.15, 0.2) is 11.0 Å². The van der Waals surface area contributed by atoms with E-state index in [0.717, 1.165) is 16.5 Å². The maximum Gasteiger partial charge on any atom is 0.251 e. The fraction of sp³-hybridized carbons (Fsp3) is 0.167. The van der Waals surface area contributed by atoms with Crippen LogP contribution in [0.1, 0.15) is 29.1 Å². The largest absolute Gasteiger partial charge is 0.342 e. The number of aromatic nitrogens is 3. The minimum Gasteiger partial charge on any atom is -0.342 e. The quantitative estimate of drug-likeness (QED) is 0.417. The maximum absolute atomic E-state index is 12.5. The van der Waals surface area contributed by atoms with Crippen LogP contribution in [-0.2, 0) is 11.8 Å². The zero-order valence-electron chi connectivity index (χ0n) is 17.8. The second-order valence-corrected chi connectivity index (χ2v) is 8.27. The molecule has 0 unspecified atom stereocenters. The van der Waals surface area contributed by atoms with Crippen LogP contribution in [0, 0.1) is 0 Å². The van der Waals surface area contributed by atoms with Gasteiger partial charge in [-0.25, -0.2) is 0 Å². The second kappa shape index (κ2) is 9.65. The van der Waals surface area contributed by atoms with Crippen LogP contribution in [0.3, 0.4) is 0 Å². The molecule has 0 aliphatic carbocycles. The van der Waals surface area contributed by atoms with Crippen molar-refractivity contribution in [2.24, 2.45) is 7.05 Å². The van der Waals surface area contributed by atoms with Crippen molar-refractivity contribution < 1.29 is 9.59 Å². The SMILES string of the molecule is C[C@H](NC(=O)c1ccccc1)c1nnc(SCC(=O)Nc2cccc3ccccc23)n1C. The Kier molecular flexibility index (Phi) is 6.51. The number of carbonyl (C=O) groups is 2. The number of hydrogen-bond acceptors (Lipinski definition) is 5. The highest BCUT2D eigenvalue weighted by Gasteiger charge is 2.19. The standard InChI is InChI=1S/C24H23N5O2S/c1-16(25-23(31)18-10-4-3-5-11-18)22-27-28-24(29(22)2)32-15-21(30)26-20-14-8-12-17-9-6-7-13-19(17)20/h3-14,16H,15H2,1-2H3,(H,25,31)(H,26,30)/t16-/m0/s1. The van der Waals surface area contributed by atoms with Gasteiger partial charge in [0.1, 0.15) is 0 Å². The Balaban J connectivity index is 1.37. The molecule has 0 saturated heterocycles. The summed E-state index contributed by atoms with van der Waals surface area (Å²) < 4.78 is 1.80. The summed E-state index contributed by atoms with van der Waals surface area (Å²) in [4.78, 5) is 24.9. The zero-order valence-corrected chi connectivity index (χ0v) is 18.6. The molecule has 2 amide bonds. The van der Waals surface area contributed by atoms with Crippen LogP contribution in [0.25, 0.3) is 10.8 Å². The van der Waals surface area contributed by atoms with Crippen molar-refractivity contribution >= 4 is 40.0 Å². The highest BCUT2D eigenvalue weighted by atomic mass is 32.2. The van der Waals surface area contributed by atoms with Gasteiger partial charge < -0.3 is 15.2 Å². The summed E-state index contributed by atoms with van der Waals surface area (Å²) in [5, 5.41) is 17.0. The van der Waals surface area contributed by atoms with Gasteiger partial charge in [0.2, 0.25) is 5.91 Å². The van der Waals surface area contributed by atoms with E-state index in [1.54, 1.807) is 16.7 Å².